The standard InChI is InChI=1S/C10H18N2S2/c1-4-13-7-9-12-8(6-14-9)5-10(2,3)11/h6H,4-5,7,11H2,1-3H3. The van der Waals surface area contributed by atoms with Crippen molar-refractivity contribution in [3.63, 3.8) is 0 Å². The van der Waals surface area contributed by atoms with Gasteiger partial charge in [-0.3, -0.25) is 0 Å². The Hall–Kier alpha value is -0.0600. The Bertz CT molecular complexity index is 276. The Morgan fingerprint density at radius 1 is 1.57 bits per heavy atom. The molecule has 0 atom stereocenters. The van der Waals surface area contributed by atoms with Gasteiger partial charge in [-0.25, -0.2) is 4.98 Å². The monoisotopic (exact) mass is 230 g/mol. The molecule has 80 valence electrons. The molecular weight excluding hydrogens is 212 g/mol. The molecule has 4 heteroatoms. The highest BCUT2D eigenvalue weighted by Crippen LogP contribution is 2.18. The molecule has 2 nitrogen and oxygen atoms in total. The van der Waals surface area contributed by atoms with Crippen LogP contribution in [0.5, 0.6) is 0 Å². The molecule has 0 aliphatic heterocycles. The van der Waals surface area contributed by atoms with Crippen LogP contribution in [0.1, 0.15) is 31.5 Å². The third-order valence-electron chi connectivity index (χ3n) is 1.67. The minimum absolute atomic E-state index is 0.150. The average Bonchev–Trinajstić information content (AvgIpc) is 2.46. The van der Waals surface area contributed by atoms with E-state index in [4.69, 9.17) is 5.73 Å². The summed E-state index contributed by atoms with van der Waals surface area (Å²) in [5, 5.41) is 3.34. The van der Waals surface area contributed by atoms with E-state index in [0.29, 0.717) is 0 Å². The van der Waals surface area contributed by atoms with Crippen LogP contribution < -0.4 is 5.73 Å². The highest BCUT2D eigenvalue weighted by Gasteiger charge is 2.13. The smallest absolute Gasteiger partial charge is 0.103 e. The lowest BCUT2D eigenvalue weighted by Gasteiger charge is -2.16. The molecule has 0 unspecified atom stereocenters. The van der Waals surface area contributed by atoms with E-state index in [2.05, 4.69) is 17.3 Å². The van der Waals surface area contributed by atoms with Gasteiger partial charge in [0.05, 0.1) is 5.69 Å². The average molecular weight is 230 g/mol. The molecule has 0 saturated heterocycles. The summed E-state index contributed by atoms with van der Waals surface area (Å²) in [6, 6.07) is 0. The summed E-state index contributed by atoms with van der Waals surface area (Å²) in [5.74, 6) is 2.18. The van der Waals surface area contributed by atoms with Crippen LogP contribution in [-0.2, 0) is 12.2 Å². The zero-order valence-corrected chi connectivity index (χ0v) is 10.7. The van der Waals surface area contributed by atoms with Gasteiger partial charge in [0.25, 0.3) is 0 Å². The number of hydrogen-bond acceptors (Lipinski definition) is 4. The van der Waals surface area contributed by atoms with Crippen molar-refractivity contribution in [1.29, 1.82) is 0 Å². The van der Waals surface area contributed by atoms with E-state index < -0.39 is 0 Å². The number of nitrogens with two attached hydrogens (primary N) is 1. The maximum atomic E-state index is 5.94. The second-order valence-electron chi connectivity index (χ2n) is 4.04. The molecule has 0 bridgehead atoms. The fourth-order valence-corrected chi connectivity index (χ4v) is 2.70. The SMILES string of the molecule is CCSCc1nc(CC(C)(C)N)cs1. The van der Waals surface area contributed by atoms with Crippen molar-refractivity contribution in [2.24, 2.45) is 5.73 Å². The largest absolute Gasteiger partial charge is 0.325 e. The molecule has 14 heavy (non-hydrogen) atoms. The van der Waals surface area contributed by atoms with Crippen molar-refractivity contribution in [2.75, 3.05) is 5.75 Å². The van der Waals surface area contributed by atoms with E-state index in [1.54, 1.807) is 11.3 Å². The topological polar surface area (TPSA) is 38.9 Å². The first-order valence-electron chi connectivity index (χ1n) is 4.81. The zero-order chi connectivity index (χ0) is 10.6. The van der Waals surface area contributed by atoms with E-state index >= 15 is 0 Å². The van der Waals surface area contributed by atoms with Crippen molar-refractivity contribution in [1.82, 2.24) is 4.98 Å². The van der Waals surface area contributed by atoms with Gasteiger partial charge < -0.3 is 5.73 Å². The van der Waals surface area contributed by atoms with Crippen LogP contribution in [-0.4, -0.2) is 16.3 Å². The van der Waals surface area contributed by atoms with Gasteiger partial charge in [-0.15, -0.1) is 11.3 Å². The predicted octanol–water partition coefficient (Wildman–Crippen LogP) is 2.68. The van der Waals surface area contributed by atoms with Crippen LogP contribution in [0.3, 0.4) is 0 Å². The second-order valence-corrected chi connectivity index (χ2v) is 6.25. The van der Waals surface area contributed by atoms with Crippen LogP contribution in [0, 0.1) is 0 Å². The van der Waals surface area contributed by atoms with Crippen LogP contribution in [0.15, 0.2) is 5.38 Å². The van der Waals surface area contributed by atoms with Crippen LogP contribution in [0.25, 0.3) is 0 Å². The maximum absolute atomic E-state index is 5.94. The zero-order valence-electron chi connectivity index (χ0n) is 9.04. The summed E-state index contributed by atoms with van der Waals surface area (Å²) in [6.07, 6.45) is 0.861. The summed E-state index contributed by atoms with van der Waals surface area (Å²) < 4.78 is 0. The molecule has 0 saturated carbocycles. The lowest BCUT2D eigenvalue weighted by Crippen LogP contribution is -2.34. The van der Waals surface area contributed by atoms with Crippen molar-refractivity contribution < 1.29 is 0 Å². The Labute approximate surface area is 94.3 Å². The van der Waals surface area contributed by atoms with Gasteiger partial charge in [-0.1, -0.05) is 6.92 Å². The number of rotatable bonds is 5. The minimum Gasteiger partial charge on any atom is -0.325 e. The Balaban J connectivity index is 2.51. The van der Waals surface area contributed by atoms with Crippen molar-refractivity contribution in [3.05, 3.63) is 16.1 Å². The quantitative estimate of drug-likeness (QED) is 0.845. The van der Waals surface area contributed by atoms with Gasteiger partial charge >= 0.3 is 0 Å². The van der Waals surface area contributed by atoms with Gasteiger partial charge in [-0.2, -0.15) is 11.8 Å². The van der Waals surface area contributed by atoms with Gasteiger partial charge in [0.15, 0.2) is 0 Å². The number of aromatic nitrogens is 1. The number of thiazole rings is 1. The van der Waals surface area contributed by atoms with Gasteiger partial charge in [0.2, 0.25) is 0 Å². The number of nitrogens with zero attached hydrogens (tertiary/aromatic N) is 1. The normalized spacial score (nSPS) is 12.0. The third-order valence-corrected chi connectivity index (χ3v) is 3.63. The lowest BCUT2D eigenvalue weighted by atomic mass is 10.0. The highest BCUT2D eigenvalue weighted by molar-refractivity contribution is 7.98. The molecule has 0 fully saturated rings. The van der Waals surface area contributed by atoms with Crippen LogP contribution >= 0.6 is 23.1 Å². The van der Waals surface area contributed by atoms with E-state index in [-0.39, 0.29) is 5.54 Å². The molecule has 1 heterocycles. The first-order valence-corrected chi connectivity index (χ1v) is 6.84. The van der Waals surface area contributed by atoms with Gasteiger partial charge in [-0.05, 0) is 19.6 Å². The molecule has 0 aromatic carbocycles. The first-order chi connectivity index (χ1) is 6.51. The van der Waals surface area contributed by atoms with Crippen LogP contribution in [0.2, 0.25) is 0 Å². The Morgan fingerprint density at radius 3 is 2.86 bits per heavy atom. The van der Waals surface area contributed by atoms with Crippen molar-refractivity contribution in [3.8, 4) is 0 Å². The molecule has 0 radical (unpaired) electrons. The molecule has 0 spiro atoms. The minimum atomic E-state index is -0.150. The molecule has 0 aliphatic carbocycles. The fourth-order valence-electron chi connectivity index (χ4n) is 1.15. The van der Waals surface area contributed by atoms with E-state index in [1.807, 2.05) is 25.6 Å². The summed E-state index contributed by atoms with van der Waals surface area (Å²) in [4.78, 5) is 4.55. The molecule has 1 aromatic heterocycles. The molecule has 0 amide bonds. The fraction of sp³-hybridized carbons (Fsp3) is 0.700. The summed E-state index contributed by atoms with van der Waals surface area (Å²) in [7, 11) is 0. The number of thioether (sulfide) groups is 1. The summed E-state index contributed by atoms with van der Waals surface area (Å²) >= 11 is 3.65. The third kappa shape index (κ3) is 4.44. The van der Waals surface area contributed by atoms with Gasteiger partial charge in [0, 0.05) is 23.1 Å². The molecule has 2 N–H and O–H groups in total. The molecule has 1 rings (SSSR count). The Kier molecular flexibility index (Phi) is 4.41. The molecule has 0 aliphatic rings. The number of hydrogen-bond donors (Lipinski definition) is 1. The van der Waals surface area contributed by atoms with E-state index in [9.17, 15) is 0 Å². The second kappa shape index (κ2) is 5.14. The predicted molar refractivity (Wildman–Crippen MR) is 65.9 cm³/mol. The summed E-state index contributed by atoms with van der Waals surface area (Å²) in [6.45, 7) is 6.24. The Morgan fingerprint density at radius 2 is 2.29 bits per heavy atom. The van der Waals surface area contributed by atoms with Crippen LogP contribution in [0.4, 0.5) is 0 Å². The lowest BCUT2D eigenvalue weighted by molar-refractivity contribution is 0.511. The molecular formula is C10H18N2S2. The highest BCUT2D eigenvalue weighted by atomic mass is 32.2. The van der Waals surface area contributed by atoms with E-state index in [0.717, 1.165) is 23.6 Å². The summed E-state index contributed by atoms with van der Waals surface area (Å²) in [5.41, 5.74) is 6.92. The van der Waals surface area contributed by atoms with E-state index in [1.165, 1.54) is 5.01 Å². The maximum Gasteiger partial charge on any atom is 0.103 e. The van der Waals surface area contributed by atoms with Gasteiger partial charge in [0.1, 0.15) is 5.01 Å². The first kappa shape index (κ1) is 12.0. The van der Waals surface area contributed by atoms with Crippen molar-refractivity contribution in [2.45, 2.75) is 38.5 Å². The van der Waals surface area contributed by atoms with Crippen molar-refractivity contribution >= 4 is 23.1 Å². The molecule has 1 aromatic rings.